The Morgan fingerprint density at radius 1 is 1.41 bits per heavy atom. The van der Waals surface area contributed by atoms with Crippen molar-refractivity contribution in [1.82, 2.24) is 4.98 Å². The SMILES string of the molecule is Cc1ccncc1NC1CCCc2occc21. The van der Waals surface area contributed by atoms with Crippen molar-refractivity contribution in [3.8, 4) is 0 Å². The highest BCUT2D eigenvalue weighted by atomic mass is 16.3. The van der Waals surface area contributed by atoms with Gasteiger partial charge in [0.1, 0.15) is 5.76 Å². The van der Waals surface area contributed by atoms with E-state index in [4.69, 9.17) is 4.42 Å². The summed E-state index contributed by atoms with van der Waals surface area (Å²) in [6.45, 7) is 2.10. The number of pyridine rings is 1. The predicted octanol–water partition coefficient (Wildman–Crippen LogP) is 3.47. The van der Waals surface area contributed by atoms with Crippen LogP contribution in [-0.2, 0) is 6.42 Å². The third-order valence-corrected chi connectivity index (χ3v) is 3.42. The molecular formula is C14H16N2O. The second kappa shape index (κ2) is 4.24. The number of aryl methyl sites for hydroxylation is 2. The van der Waals surface area contributed by atoms with Crippen molar-refractivity contribution in [3.05, 3.63) is 47.7 Å². The Balaban J connectivity index is 1.86. The Labute approximate surface area is 101 Å². The molecular weight excluding hydrogens is 212 g/mol. The molecule has 0 spiro atoms. The number of furan rings is 1. The standard InChI is InChI=1S/C14H16N2O/c1-10-5-7-15-9-13(10)16-12-3-2-4-14-11(12)6-8-17-14/h5-9,12,16H,2-4H2,1H3. The van der Waals surface area contributed by atoms with Crippen molar-refractivity contribution < 1.29 is 4.42 Å². The summed E-state index contributed by atoms with van der Waals surface area (Å²) in [6.07, 6.45) is 8.90. The summed E-state index contributed by atoms with van der Waals surface area (Å²) in [4.78, 5) is 4.17. The number of hydrogen-bond donors (Lipinski definition) is 1. The van der Waals surface area contributed by atoms with Gasteiger partial charge in [-0.2, -0.15) is 0 Å². The van der Waals surface area contributed by atoms with Crippen LogP contribution in [0.5, 0.6) is 0 Å². The van der Waals surface area contributed by atoms with Gasteiger partial charge in [-0.3, -0.25) is 4.98 Å². The van der Waals surface area contributed by atoms with Crippen LogP contribution in [-0.4, -0.2) is 4.98 Å². The molecule has 0 saturated heterocycles. The zero-order valence-electron chi connectivity index (χ0n) is 9.94. The van der Waals surface area contributed by atoms with E-state index in [0.717, 1.165) is 24.3 Å². The molecule has 2 heterocycles. The summed E-state index contributed by atoms with van der Waals surface area (Å²) in [7, 11) is 0. The molecule has 2 aromatic rings. The lowest BCUT2D eigenvalue weighted by molar-refractivity contribution is 0.461. The lowest BCUT2D eigenvalue weighted by Gasteiger charge is -2.24. The molecule has 88 valence electrons. The molecule has 3 nitrogen and oxygen atoms in total. The molecule has 0 fully saturated rings. The van der Waals surface area contributed by atoms with Crippen molar-refractivity contribution in [1.29, 1.82) is 0 Å². The maximum absolute atomic E-state index is 5.50. The Bertz CT molecular complexity index is 518. The molecule has 17 heavy (non-hydrogen) atoms. The maximum Gasteiger partial charge on any atom is 0.109 e. The lowest BCUT2D eigenvalue weighted by atomic mass is 9.93. The Hall–Kier alpha value is -1.77. The highest BCUT2D eigenvalue weighted by Gasteiger charge is 2.22. The quantitative estimate of drug-likeness (QED) is 0.855. The highest BCUT2D eigenvalue weighted by molar-refractivity contribution is 5.50. The molecule has 1 aliphatic carbocycles. The smallest absolute Gasteiger partial charge is 0.109 e. The summed E-state index contributed by atoms with van der Waals surface area (Å²) in [5, 5.41) is 3.57. The second-order valence-electron chi connectivity index (χ2n) is 4.58. The highest BCUT2D eigenvalue weighted by Crippen LogP contribution is 2.33. The van der Waals surface area contributed by atoms with E-state index in [1.807, 2.05) is 18.5 Å². The van der Waals surface area contributed by atoms with Gasteiger partial charge in [-0.15, -0.1) is 0 Å². The fraction of sp³-hybridized carbons (Fsp3) is 0.357. The molecule has 1 unspecified atom stereocenters. The van der Waals surface area contributed by atoms with Gasteiger partial charge < -0.3 is 9.73 Å². The van der Waals surface area contributed by atoms with Crippen LogP contribution in [0.15, 0.2) is 35.2 Å². The number of nitrogens with one attached hydrogen (secondary N) is 1. The molecule has 1 N–H and O–H groups in total. The van der Waals surface area contributed by atoms with Crippen molar-refractivity contribution in [2.45, 2.75) is 32.2 Å². The van der Waals surface area contributed by atoms with E-state index in [0.29, 0.717) is 6.04 Å². The van der Waals surface area contributed by atoms with Crippen LogP contribution in [0.25, 0.3) is 0 Å². The van der Waals surface area contributed by atoms with Gasteiger partial charge in [-0.1, -0.05) is 0 Å². The van der Waals surface area contributed by atoms with Crippen molar-refractivity contribution in [3.63, 3.8) is 0 Å². The first-order valence-corrected chi connectivity index (χ1v) is 6.08. The van der Waals surface area contributed by atoms with Crippen LogP contribution < -0.4 is 5.32 Å². The number of aromatic nitrogens is 1. The van der Waals surface area contributed by atoms with E-state index in [-0.39, 0.29) is 0 Å². The van der Waals surface area contributed by atoms with Gasteiger partial charge in [0.15, 0.2) is 0 Å². The third kappa shape index (κ3) is 1.93. The molecule has 0 radical (unpaired) electrons. The molecule has 0 saturated carbocycles. The van der Waals surface area contributed by atoms with Gasteiger partial charge in [0.05, 0.1) is 24.2 Å². The van der Waals surface area contributed by atoms with E-state index in [1.54, 1.807) is 6.26 Å². The van der Waals surface area contributed by atoms with Crippen LogP contribution in [0.4, 0.5) is 5.69 Å². The molecule has 1 aliphatic rings. The zero-order valence-corrected chi connectivity index (χ0v) is 9.94. The Morgan fingerprint density at radius 3 is 3.24 bits per heavy atom. The van der Waals surface area contributed by atoms with Gasteiger partial charge >= 0.3 is 0 Å². The van der Waals surface area contributed by atoms with E-state index in [1.165, 1.54) is 17.5 Å². The lowest BCUT2D eigenvalue weighted by Crippen LogP contribution is -2.16. The molecule has 0 aromatic carbocycles. The maximum atomic E-state index is 5.50. The van der Waals surface area contributed by atoms with Crippen molar-refractivity contribution in [2.24, 2.45) is 0 Å². The first-order valence-electron chi connectivity index (χ1n) is 6.08. The van der Waals surface area contributed by atoms with Crippen LogP contribution in [0, 0.1) is 6.92 Å². The summed E-state index contributed by atoms with van der Waals surface area (Å²) >= 11 is 0. The topological polar surface area (TPSA) is 38.1 Å². The van der Waals surface area contributed by atoms with Gasteiger partial charge in [0.25, 0.3) is 0 Å². The summed E-state index contributed by atoms with van der Waals surface area (Å²) in [5.74, 6) is 1.13. The summed E-state index contributed by atoms with van der Waals surface area (Å²) in [6, 6.07) is 4.47. The summed E-state index contributed by atoms with van der Waals surface area (Å²) in [5.41, 5.74) is 3.65. The fourth-order valence-electron chi connectivity index (χ4n) is 2.44. The van der Waals surface area contributed by atoms with Gasteiger partial charge in [0, 0.05) is 18.2 Å². The minimum absolute atomic E-state index is 0.361. The average Bonchev–Trinajstić information content (AvgIpc) is 2.81. The molecule has 3 rings (SSSR count). The van der Waals surface area contributed by atoms with Gasteiger partial charge in [-0.05, 0) is 37.5 Å². The molecule has 3 heteroatoms. The molecule has 0 aliphatic heterocycles. The van der Waals surface area contributed by atoms with E-state index in [9.17, 15) is 0 Å². The minimum Gasteiger partial charge on any atom is -0.469 e. The zero-order chi connectivity index (χ0) is 11.7. The minimum atomic E-state index is 0.361. The third-order valence-electron chi connectivity index (χ3n) is 3.42. The van der Waals surface area contributed by atoms with Crippen molar-refractivity contribution >= 4 is 5.69 Å². The van der Waals surface area contributed by atoms with Crippen LogP contribution in [0.3, 0.4) is 0 Å². The van der Waals surface area contributed by atoms with E-state index < -0.39 is 0 Å². The molecule has 2 aromatic heterocycles. The first kappa shape index (κ1) is 10.4. The molecule has 1 atom stereocenters. The predicted molar refractivity (Wildman–Crippen MR) is 67.0 cm³/mol. The molecule has 0 bridgehead atoms. The Morgan fingerprint density at radius 2 is 2.35 bits per heavy atom. The van der Waals surface area contributed by atoms with E-state index >= 15 is 0 Å². The van der Waals surface area contributed by atoms with Crippen LogP contribution in [0.2, 0.25) is 0 Å². The second-order valence-corrected chi connectivity index (χ2v) is 4.58. The number of anilines is 1. The van der Waals surface area contributed by atoms with E-state index in [2.05, 4.69) is 23.3 Å². The van der Waals surface area contributed by atoms with Crippen LogP contribution >= 0.6 is 0 Å². The number of hydrogen-bond acceptors (Lipinski definition) is 3. The number of nitrogens with zero attached hydrogens (tertiary/aromatic N) is 1. The number of rotatable bonds is 2. The van der Waals surface area contributed by atoms with Gasteiger partial charge in [-0.25, -0.2) is 0 Å². The molecule has 0 amide bonds. The van der Waals surface area contributed by atoms with Crippen molar-refractivity contribution in [2.75, 3.05) is 5.32 Å². The first-order chi connectivity index (χ1) is 8.34. The largest absolute Gasteiger partial charge is 0.469 e. The normalized spacial score (nSPS) is 18.8. The summed E-state index contributed by atoms with van der Waals surface area (Å²) < 4.78 is 5.50. The number of fused-ring (bicyclic) bond motifs is 1. The fourth-order valence-corrected chi connectivity index (χ4v) is 2.44. The monoisotopic (exact) mass is 228 g/mol. The average molecular weight is 228 g/mol. The van der Waals surface area contributed by atoms with Gasteiger partial charge in [0.2, 0.25) is 0 Å². The van der Waals surface area contributed by atoms with Crippen LogP contribution in [0.1, 0.15) is 35.8 Å². The Kier molecular flexibility index (Phi) is 2.59.